The van der Waals surface area contributed by atoms with Crippen LogP contribution in [-0.2, 0) is 19.6 Å². The predicted molar refractivity (Wildman–Crippen MR) is 102 cm³/mol. The normalized spacial score (nSPS) is 16.4. The van der Waals surface area contributed by atoms with Crippen molar-refractivity contribution in [3.63, 3.8) is 0 Å². The van der Waals surface area contributed by atoms with Crippen LogP contribution in [-0.4, -0.2) is 79.0 Å². The number of carboxylic acid groups (broad SMARTS) is 1. The van der Waals surface area contributed by atoms with E-state index in [-0.39, 0.29) is 51.3 Å². The van der Waals surface area contributed by atoms with E-state index >= 15 is 0 Å². The first-order valence-corrected chi connectivity index (χ1v) is 10.8. The van der Waals surface area contributed by atoms with Gasteiger partial charge in [-0.1, -0.05) is 18.2 Å². The number of nitrogens with zero attached hydrogens (tertiary/aromatic N) is 2. The lowest BCUT2D eigenvalue weighted by molar-refractivity contribution is -0.138. The molecule has 1 saturated heterocycles. The van der Waals surface area contributed by atoms with Gasteiger partial charge in [0.25, 0.3) is 5.91 Å². The van der Waals surface area contributed by atoms with Gasteiger partial charge in [-0.05, 0) is 25.0 Å². The van der Waals surface area contributed by atoms with E-state index in [2.05, 4.69) is 5.32 Å². The standard InChI is InChI=1S/C18H25N3O6S/c1-28(26,27)21-12-10-20(11-13-21)18(25)15(8-5-9-16(22)23)19-17(24)14-6-3-2-4-7-14/h2-4,6-7,15H,5,8-13H2,1H3,(H,19,24)(H,22,23)/t15-/m0/s1. The minimum absolute atomic E-state index is 0.104. The van der Waals surface area contributed by atoms with E-state index in [1.807, 2.05) is 0 Å². The lowest BCUT2D eigenvalue weighted by atomic mass is 10.1. The second kappa shape index (κ2) is 9.65. The first-order chi connectivity index (χ1) is 13.2. The lowest BCUT2D eigenvalue weighted by Crippen LogP contribution is -2.55. The summed E-state index contributed by atoms with van der Waals surface area (Å²) in [5, 5.41) is 11.5. The Morgan fingerprint density at radius 1 is 1.11 bits per heavy atom. The molecule has 2 amide bonds. The number of benzene rings is 1. The summed E-state index contributed by atoms with van der Waals surface area (Å²) in [5.74, 6) is -1.71. The van der Waals surface area contributed by atoms with Crippen molar-refractivity contribution in [2.24, 2.45) is 0 Å². The molecule has 1 atom stereocenters. The first kappa shape index (κ1) is 21.8. The maximum absolute atomic E-state index is 12.9. The zero-order chi connectivity index (χ0) is 20.7. The Bertz CT molecular complexity index is 804. The highest BCUT2D eigenvalue weighted by Crippen LogP contribution is 2.12. The number of carbonyl (C=O) groups is 3. The maximum Gasteiger partial charge on any atom is 0.303 e. The topological polar surface area (TPSA) is 124 Å². The molecule has 10 heteroatoms. The molecule has 1 aromatic rings. The molecule has 154 valence electrons. The predicted octanol–water partition coefficient (Wildman–Crippen LogP) is 0.144. The van der Waals surface area contributed by atoms with E-state index in [9.17, 15) is 22.8 Å². The fourth-order valence-electron chi connectivity index (χ4n) is 3.01. The van der Waals surface area contributed by atoms with Gasteiger partial charge >= 0.3 is 5.97 Å². The summed E-state index contributed by atoms with van der Waals surface area (Å²) in [5.41, 5.74) is 0.403. The number of piperazine rings is 1. The van der Waals surface area contributed by atoms with Crippen molar-refractivity contribution in [2.75, 3.05) is 32.4 Å². The summed E-state index contributed by atoms with van der Waals surface area (Å²) in [6, 6.07) is 7.57. The van der Waals surface area contributed by atoms with E-state index in [1.165, 1.54) is 9.21 Å². The molecule has 1 fully saturated rings. The number of carbonyl (C=O) groups excluding carboxylic acids is 2. The van der Waals surface area contributed by atoms with Crippen LogP contribution >= 0.6 is 0 Å². The number of hydrogen-bond donors (Lipinski definition) is 2. The summed E-state index contributed by atoms with van der Waals surface area (Å²) in [6.07, 6.45) is 1.45. The van der Waals surface area contributed by atoms with Crippen molar-refractivity contribution in [1.29, 1.82) is 0 Å². The number of rotatable bonds is 8. The third-order valence-electron chi connectivity index (χ3n) is 4.54. The van der Waals surface area contributed by atoms with E-state index in [1.54, 1.807) is 30.3 Å². The highest BCUT2D eigenvalue weighted by atomic mass is 32.2. The van der Waals surface area contributed by atoms with Crippen molar-refractivity contribution >= 4 is 27.8 Å². The van der Waals surface area contributed by atoms with Crippen LogP contribution in [0.15, 0.2) is 30.3 Å². The maximum atomic E-state index is 12.9. The Balaban J connectivity index is 2.04. The third-order valence-corrected chi connectivity index (χ3v) is 5.85. The van der Waals surface area contributed by atoms with Crippen LogP contribution in [0.5, 0.6) is 0 Å². The quantitative estimate of drug-likeness (QED) is 0.627. The fraction of sp³-hybridized carbons (Fsp3) is 0.500. The van der Waals surface area contributed by atoms with Gasteiger partial charge in [-0.3, -0.25) is 14.4 Å². The zero-order valence-electron chi connectivity index (χ0n) is 15.7. The van der Waals surface area contributed by atoms with E-state index in [0.29, 0.717) is 5.56 Å². The number of aliphatic carboxylic acids is 1. The summed E-state index contributed by atoms with van der Waals surface area (Å²) in [4.78, 5) is 37.6. The third kappa shape index (κ3) is 6.31. The first-order valence-electron chi connectivity index (χ1n) is 9.00. The van der Waals surface area contributed by atoms with Crippen LogP contribution < -0.4 is 5.32 Å². The molecule has 2 N–H and O–H groups in total. The zero-order valence-corrected chi connectivity index (χ0v) is 16.5. The monoisotopic (exact) mass is 411 g/mol. The molecule has 28 heavy (non-hydrogen) atoms. The fourth-order valence-corrected chi connectivity index (χ4v) is 3.83. The van der Waals surface area contributed by atoms with Crippen LogP contribution in [0.3, 0.4) is 0 Å². The molecule has 9 nitrogen and oxygen atoms in total. The van der Waals surface area contributed by atoms with Gasteiger partial charge in [0.1, 0.15) is 6.04 Å². The number of nitrogens with one attached hydrogen (secondary N) is 1. The van der Waals surface area contributed by atoms with E-state index in [4.69, 9.17) is 5.11 Å². The van der Waals surface area contributed by atoms with E-state index < -0.39 is 27.9 Å². The number of hydrogen-bond acceptors (Lipinski definition) is 5. The SMILES string of the molecule is CS(=O)(=O)N1CCN(C(=O)[C@H](CCCC(=O)O)NC(=O)c2ccccc2)CC1. The van der Waals surface area contributed by atoms with Gasteiger partial charge in [0, 0.05) is 38.2 Å². The molecule has 1 heterocycles. The van der Waals surface area contributed by atoms with Gasteiger partial charge in [0.2, 0.25) is 15.9 Å². The summed E-state index contributed by atoms with van der Waals surface area (Å²) >= 11 is 0. The molecule has 1 aromatic carbocycles. The molecule has 0 spiro atoms. The number of sulfonamides is 1. The van der Waals surface area contributed by atoms with Crippen molar-refractivity contribution in [1.82, 2.24) is 14.5 Å². The second-order valence-corrected chi connectivity index (χ2v) is 8.65. The van der Waals surface area contributed by atoms with Crippen LogP contribution in [0.25, 0.3) is 0 Å². The molecular formula is C18H25N3O6S. The molecule has 2 rings (SSSR count). The largest absolute Gasteiger partial charge is 0.481 e. The molecule has 0 aromatic heterocycles. The Morgan fingerprint density at radius 3 is 2.25 bits per heavy atom. The Kier molecular flexibility index (Phi) is 7.53. The number of carboxylic acids is 1. The molecular weight excluding hydrogens is 386 g/mol. The minimum Gasteiger partial charge on any atom is -0.481 e. The Morgan fingerprint density at radius 2 is 1.71 bits per heavy atom. The average molecular weight is 411 g/mol. The molecule has 1 aliphatic rings. The average Bonchev–Trinajstić information content (AvgIpc) is 2.66. The van der Waals surface area contributed by atoms with Gasteiger partial charge < -0.3 is 15.3 Å². The molecule has 0 bridgehead atoms. The van der Waals surface area contributed by atoms with E-state index in [0.717, 1.165) is 6.26 Å². The molecule has 1 aliphatic heterocycles. The Hall–Kier alpha value is -2.46. The molecule has 0 radical (unpaired) electrons. The smallest absolute Gasteiger partial charge is 0.303 e. The molecule has 0 aliphatic carbocycles. The van der Waals surface area contributed by atoms with Gasteiger partial charge in [-0.25, -0.2) is 8.42 Å². The van der Waals surface area contributed by atoms with Gasteiger partial charge in [0.15, 0.2) is 0 Å². The summed E-state index contributed by atoms with van der Waals surface area (Å²) < 4.78 is 24.5. The molecule has 0 unspecified atom stereocenters. The van der Waals surface area contributed by atoms with Gasteiger partial charge in [0.05, 0.1) is 6.26 Å². The second-order valence-electron chi connectivity index (χ2n) is 6.67. The van der Waals surface area contributed by atoms with Gasteiger partial charge in [-0.2, -0.15) is 4.31 Å². The lowest BCUT2D eigenvalue weighted by Gasteiger charge is -2.35. The van der Waals surface area contributed by atoms with Crippen LogP contribution in [0.4, 0.5) is 0 Å². The van der Waals surface area contributed by atoms with Crippen molar-refractivity contribution < 1.29 is 27.9 Å². The summed E-state index contributed by atoms with van der Waals surface area (Å²) in [7, 11) is -3.31. The van der Waals surface area contributed by atoms with Crippen molar-refractivity contribution in [2.45, 2.75) is 25.3 Å². The van der Waals surface area contributed by atoms with Crippen LogP contribution in [0, 0.1) is 0 Å². The van der Waals surface area contributed by atoms with Crippen LogP contribution in [0.2, 0.25) is 0 Å². The van der Waals surface area contributed by atoms with Crippen molar-refractivity contribution in [3.05, 3.63) is 35.9 Å². The van der Waals surface area contributed by atoms with Crippen molar-refractivity contribution in [3.8, 4) is 0 Å². The summed E-state index contributed by atoms with van der Waals surface area (Å²) in [6.45, 7) is 0.836. The Labute approximate surface area is 164 Å². The van der Waals surface area contributed by atoms with Crippen LogP contribution in [0.1, 0.15) is 29.6 Å². The highest BCUT2D eigenvalue weighted by molar-refractivity contribution is 7.88. The minimum atomic E-state index is -3.31. The number of amides is 2. The molecule has 0 saturated carbocycles. The highest BCUT2D eigenvalue weighted by Gasteiger charge is 2.31. The van der Waals surface area contributed by atoms with Gasteiger partial charge in [-0.15, -0.1) is 0 Å².